The largest absolute Gasteiger partial charge is 0.350 e. The zero-order chi connectivity index (χ0) is 10.6. The molecule has 0 bridgehead atoms. The van der Waals surface area contributed by atoms with Crippen molar-refractivity contribution >= 4 is 44.0 Å². The van der Waals surface area contributed by atoms with Crippen molar-refractivity contribution in [2.24, 2.45) is 0 Å². The molecule has 1 rings (SSSR count). The van der Waals surface area contributed by atoms with Crippen LogP contribution in [0.25, 0.3) is 0 Å². The second-order valence-electron chi connectivity index (χ2n) is 2.63. The molecular formula is C8H10BrNO2S2. The first-order chi connectivity index (χ1) is 6.61. The fraction of sp³-hybridized carbons (Fsp3) is 0.375. The summed E-state index contributed by atoms with van der Waals surface area (Å²) in [6, 6.07) is 1.83. The molecule has 1 N–H and O–H groups in total. The number of nitrogens with one attached hydrogen (secondary N) is 1. The summed E-state index contributed by atoms with van der Waals surface area (Å²) in [6.07, 6.45) is 1.62. The molecule has 14 heavy (non-hydrogen) atoms. The molecule has 0 spiro atoms. The first-order valence-electron chi connectivity index (χ1n) is 3.92. The van der Waals surface area contributed by atoms with Crippen LogP contribution in [0.4, 0.5) is 0 Å². The second kappa shape index (κ2) is 5.63. The lowest BCUT2D eigenvalue weighted by atomic mass is 10.4. The van der Waals surface area contributed by atoms with Gasteiger partial charge in [0.25, 0.3) is 5.91 Å². The predicted octanol–water partition coefficient (Wildman–Crippen LogP) is 1.62. The minimum absolute atomic E-state index is 0.114. The van der Waals surface area contributed by atoms with Crippen LogP contribution in [0.15, 0.2) is 15.9 Å². The van der Waals surface area contributed by atoms with Gasteiger partial charge < -0.3 is 5.32 Å². The highest BCUT2D eigenvalue weighted by Gasteiger charge is 2.10. The number of carbonyl (C=O) groups is 1. The number of thiophene rings is 1. The van der Waals surface area contributed by atoms with Gasteiger partial charge in [0, 0.05) is 33.8 Å². The number of carbonyl (C=O) groups excluding carboxylic acids is 1. The Bertz CT molecular complexity index is 351. The van der Waals surface area contributed by atoms with Gasteiger partial charge in [0.15, 0.2) is 0 Å². The summed E-state index contributed by atoms with van der Waals surface area (Å²) in [4.78, 5) is 12.1. The minimum Gasteiger partial charge on any atom is -0.350 e. The van der Waals surface area contributed by atoms with E-state index in [4.69, 9.17) is 0 Å². The summed E-state index contributed by atoms with van der Waals surface area (Å²) in [7, 11) is -0.857. The smallest absolute Gasteiger partial charge is 0.262 e. The molecule has 0 aliphatic rings. The van der Waals surface area contributed by atoms with Gasteiger partial charge in [-0.1, -0.05) is 0 Å². The third kappa shape index (κ3) is 3.51. The third-order valence-electron chi connectivity index (χ3n) is 1.50. The van der Waals surface area contributed by atoms with Gasteiger partial charge in [-0.3, -0.25) is 9.00 Å². The normalized spacial score (nSPS) is 12.4. The Morgan fingerprint density at radius 1 is 1.71 bits per heavy atom. The van der Waals surface area contributed by atoms with Crippen LogP contribution in [0.5, 0.6) is 0 Å². The van der Waals surface area contributed by atoms with E-state index in [0.29, 0.717) is 17.2 Å². The fourth-order valence-electron chi connectivity index (χ4n) is 0.844. The Morgan fingerprint density at radius 2 is 2.43 bits per heavy atom. The first-order valence-corrected chi connectivity index (χ1v) is 7.32. The number of hydrogen-bond acceptors (Lipinski definition) is 3. The summed E-state index contributed by atoms with van der Waals surface area (Å²) in [5.41, 5.74) is 0. The highest BCUT2D eigenvalue weighted by Crippen LogP contribution is 2.21. The molecule has 1 amide bonds. The third-order valence-corrected chi connectivity index (χ3v) is 4.11. The molecule has 1 heterocycles. The summed E-state index contributed by atoms with van der Waals surface area (Å²) in [6.45, 7) is 0.451. The molecule has 0 aliphatic heterocycles. The van der Waals surface area contributed by atoms with Crippen molar-refractivity contribution in [3.05, 3.63) is 20.8 Å². The van der Waals surface area contributed by atoms with Crippen molar-refractivity contribution in [1.82, 2.24) is 5.32 Å². The monoisotopic (exact) mass is 295 g/mol. The maximum atomic E-state index is 11.5. The van der Waals surface area contributed by atoms with E-state index in [1.165, 1.54) is 11.3 Å². The summed E-state index contributed by atoms with van der Waals surface area (Å²) in [5, 5.41) is 4.55. The molecule has 6 heteroatoms. The van der Waals surface area contributed by atoms with E-state index in [2.05, 4.69) is 21.2 Å². The average Bonchev–Trinajstić information content (AvgIpc) is 2.50. The van der Waals surface area contributed by atoms with Crippen LogP contribution in [0.3, 0.4) is 0 Å². The Hall–Kier alpha value is -0.200. The van der Waals surface area contributed by atoms with E-state index < -0.39 is 10.8 Å². The molecule has 0 saturated carbocycles. The molecule has 0 saturated heterocycles. The van der Waals surface area contributed by atoms with Gasteiger partial charge in [-0.2, -0.15) is 0 Å². The zero-order valence-electron chi connectivity index (χ0n) is 7.58. The number of halogens is 1. The number of rotatable bonds is 4. The molecule has 1 atom stereocenters. The maximum absolute atomic E-state index is 11.5. The lowest BCUT2D eigenvalue weighted by Crippen LogP contribution is -2.27. The molecule has 0 fully saturated rings. The molecule has 3 nitrogen and oxygen atoms in total. The highest BCUT2D eigenvalue weighted by atomic mass is 79.9. The van der Waals surface area contributed by atoms with Gasteiger partial charge in [0.2, 0.25) is 0 Å². The van der Waals surface area contributed by atoms with Crippen LogP contribution in [0.2, 0.25) is 0 Å². The van der Waals surface area contributed by atoms with Crippen LogP contribution < -0.4 is 5.32 Å². The van der Waals surface area contributed by atoms with Crippen LogP contribution in [0.1, 0.15) is 9.67 Å². The van der Waals surface area contributed by atoms with Gasteiger partial charge in [0.1, 0.15) is 4.88 Å². The highest BCUT2D eigenvalue weighted by molar-refractivity contribution is 9.10. The van der Waals surface area contributed by atoms with Crippen molar-refractivity contribution < 1.29 is 9.00 Å². The number of amides is 1. The Balaban J connectivity index is 2.44. The predicted molar refractivity (Wildman–Crippen MR) is 63.3 cm³/mol. The van der Waals surface area contributed by atoms with Crippen molar-refractivity contribution in [1.29, 1.82) is 0 Å². The van der Waals surface area contributed by atoms with Crippen molar-refractivity contribution in [2.75, 3.05) is 18.6 Å². The molecule has 1 unspecified atom stereocenters. The van der Waals surface area contributed by atoms with Crippen LogP contribution >= 0.6 is 27.3 Å². The quantitative estimate of drug-likeness (QED) is 0.917. The van der Waals surface area contributed by atoms with Gasteiger partial charge in [-0.05, 0) is 27.4 Å². The van der Waals surface area contributed by atoms with Crippen molar-refractivity contribution in [3.8, 4) is 0 Å². The summed E-state index contributed by atoms with van der Waals surface area (Å²) in [5.74, 6) is 0.381. The molecule has 0 aliphatic carbocycles. The van der Waals surface area contributed by atoms with Crippen molar-refractivity contribution in [3.63, 3.8) is 0 Å². The minimum atomic E-state index is -0.857. The molecule has 1 aromatic heterocycles. The van der Waals surface area contributed by atoms with E-state index in [9.17, 15) is 9.00 Å². The molecule has 1 aromatic rings. The SMILES string of the molecule is CS(=O)CCNC(=O)c1sccc1Br. The topological polar surface area (TPSA) is 46.2 Å². The van der Waals surface area contributed by atoms with Crippen LogP contribution in [-0.2, 0) is 10.8 Å². The second-order valence-corrected chi connectivity index (χ2v) is 5.96. The lowest BCUT2D eigenvalue weighted by Gasteiger charge is -2.01. The Kier molecular flexibility index (Phi) is 4.77. The van der Waals surface area contributed by atoms with Gasteiger partial charge >= 0.3 is 0 Å². The van der Waals surface area contributed by atoms with Crippen molar-refractivity contribution in [2.45, 2.75) is 0 Å². The lowest BCUT2D eigenvalue weighted by molar-refractivity contribution is 0.0959. The van der Waals surface area contributed by atoms with Gasteiger partial charge in [-0.15, -0.1) is 11.3 Å². The van der Waals surface area contributed by atoms with E-state index in [0.717, 1.165) is 4.47 Å². The first kappa shape index (κ1) is 11.9. The van der Waals surface area contributed by atoms with E-state index in [1.807, 2.05) is 11.4 Å². The molecular weight excluding hydrogens is 286 g/mol. The standard InChI is InChI=1S/C8H10BrNO2S2/c1-14(12)5-3-10-8(11)7-6(9)2-4-13-7/h2,4H,3,5H2,1H3,(H,10,11). The molecule has 0 aromatic carbocycles. The van der Waals surface area contributed by atoms with Crippen LogP contribution in [0, 0.1) is 0 Å². The average molecular weight is 296 g/mol. The fourth-order valence-corrected chi connectivity index (χ4v) is 2.70. The number of hydrogen-bond donors (Lipinski definition) is 1. The van der Waals surface area contributed by atoms with Gasteiger partial charge in [0.05, 0.1) is 0 Å². The van der Waals surface area contributed by atoms with E-state index in [1.54, 1.807) is 6.26 Å². The van der Waals surface area contributed by atoms with E-state index >= 15 is 0 Å². The van der Waals surface area contributed by atoms with Crippen LogP contribution in [-0.4, -0.2) is 28.7 Å². The molecule has 0 radical (unpaired) electrons. The Labute approximate surface area is 97.5 Å². The van der Waals surface area contributed by atoms with Gasteiger partial charge in [-0.25, -0.2) is 0 Å². The summed E-state index contributed by atoms with van der Waals surface area (Å²) < 4.78 is 11.5. The Morgan fingerprint density at radius 3 is 2.93 bits per heavy atom. The maximum Gasteiger partial charge on any atom is 0.262 e. The molecule has 78 valence electrons. The summed E-state index contributed by atoms with van der Waals surface area (Å²) >= 11 is 4.66. The van der Waals surface area contributed by atoms with E-state index in [-0.39, 0.29) is 5.91 Å². The zero-order valence-corrected chi connectivity index (χ0v) is 10.8.